The molecule has 10 heteroatoms. The SMILES string of the molecule is COCCn1c(CCc2ccccc2)nnc1SCC(=O)Nc1cccc(C(F)(F)F)c1. The average molecular weight is 465 g/mol. The second-order valence-corrected chi connectivity index (χ2v) is 7.89. The first kappa shape index (κ1) is 23.8. The number of halogens is 3. The lowest BCUT2D eigenvalue weighted by Gasteiger charge is -2.11. The molecule has 2 aromatic carbocycles. The third-order valence-corrected chi connectivity index (χ3v) is 5.57. The van der Waals surface area contributed by atoms with Crippen molar-refractivity contribution in [2.45, 2.75) is 30.7 Å². The Kier molecular flexibility index (Phi) is 8.29. The zero-order valence-electron chi connectivity index (χ0n) is 17.4. The number of anilines is 1. The molecule has 0 atom stereocenters. The van der Waals surface area contributed by atoms with Crippen LogP contribution in [-0.2, 0) is 35.1 Å². The minimum atomic E-state index is -4.47. The number of aryl methyl sites for hydroxylation is 2. The number of amides is 1. The lowest BCUT2D eigenvalue weighted by molar-refractivity contribution is -0.137. The molecule has 1 amide bonds. The van der Waals surface area contributed by atoms with E-state index in [1.54, 1.807) is 7.11 Å². The fraction of sp³-hybridized carbons (Fsp3) is 0.318. The molecule has 0 fully saturated rings. The Balaban J connectivity index is 1.62. The normalized spacial score (nSPS) is 11.5. The van der Waals surface area contributed by atoms with Gasteiger partial charge < -0.3 is 14.6 Å². The van der Waals surface area contributed by atoms with Gasteiger partial charge in [0.05, 0.1) is 17.9 Å². The highest BCUT2D eigenvalue weighted by molar-refractivity contribution is 7.99. The van der Waals surface area contributed by atoms with Crippen LogP contribution in [0.4, 0.5) is 18.9 Å². The van der Waals surface area contributed by atoms with E-state index in [0.29, 0.717) is 24.7 Å². The summed E-state index contributed by atoms with van der Waals surface area (Å²) in [5, 5.41) is 11.5. The molecule has 32 heavy (non-hydrogen) atoms. The van der Waals surface area contributed by atoms with E-state index < -0.39 is 17.6 Å². The smallest absolute Gasteiger partial charge is 0.383 e. The predicted octanol–water partition coefficient (Wildman–Crippen LogP) is 4.46. The third-order valence-electron chi connectivity index (χ3n) is 4.60. The molecule has 0 saturated carbocycles. The number of hydrogen-bond acceptors (Lipinski definition) is 5. The predicted molar refractivity (Wildman–Crippen MR) is 117 cm³/mol. The first-order valence-electron chi connectivity index (χ1n) is 9.91. The van der Waals surface area contributed by atoms with E-state index in [9.17, 15) is 18.0 Å². The van der Waals surface area contributed by atoms with E-state index in [1.165, 1.54) is 29.5 Å². The van der Waals surface area contributed by atoms with Crippen LogP contribution in [0.3, 0.4) is 0 Å². The Labute approximate surface area is 188 Å². The first-order chi connectivity index (χ1) is 15.4. The Hall–Kier alpha value is -2.85. The molecule has 1 aromatic heterocycles. The maximum absolute atomic E-state index is 12.8. The fourth-order valence-corrected chi connectivity index (χ4v) is 3.80. The van der Waals surface area contributed by atoms with Crippen LogP contribution in [0.5, 0.6) is 0 Å². The van der Waals surface area contributed by atoms with Gasteiger partial charge in [0, 0.05) is 25.8 Å². The van der Waals surface area contributed by atoms with Crippen molar-refractivity contribution in [3.8, 4) is 0 Å². The number of nitrogens with zero attached hydrogens (tertiary/aromatic N) is 3. The van der Waals surface area contributed by atoms with E-state index in [4.69, 9.17) is 4.74 Å². The summed E-state index contributed by atoms with van der Waals surface area (Å²) in [6.07, 6.45) is -2.99. The van der Waals surface area contributed by atoms with Crippen LogP contribution < -0.4 is 5.32 Å². The minimum absolute atomic E-state index is 0.0138. The molecule has 0 saturated heterocycles. The Morgan fingerprint density at radius 2 is 1.88 bits per heavy atom. The van der Waals surface area contributed by atoms with Gasteiger partial charge in [-0.3, -0.25) is 4.79 Å². The summed E-state index contributed by atoms with van der Waals surface area (Å²) >= 11 is 1.18. The summed E-state index contributed by atoms with van der Waals surface area (Å²) in [6, 6.07) is 14.6. The number of methoxy groups -OCH3 is 1. The number of alkyl halides is 3. The number of hydrogen-bond donors (Lipinski definition) is 1. The molecule has 0 radical (unpaired) electrons. The molecule has 170 valence electrons. The summed E-state index contributed by atoms with van der Waals surface area (Å²) in [5.74, 6) is 0.341. The van der Waals surface area contributed by atoms with Crippen LogP contribution in [-0.4, -0.2) is 40.1 Å². The van der Waals surface area contributed by atoms with Crippen molar-refractivity contribution in [3.63, 3.8) is 0 Å². The molecule has 1 heterocycles. The Bertz CT molecular complexity index is 1030. The van der Waals surface area contributed by atoms with Gasteiger partial charge in [-0.2, -0.15) is 13.2 Å². The van der Waals surface area contributed by atoms with E-state index >= 15 is 0 Å². The Morgan fingerprint density at radius 1 is 1.09 bits per heavy atom. The number of thioether (sulfide) groups is 1. The lowest BCUT2D eigenvalue weighted by atomic mass is 10.1. The number of carbonyl (C=O) groups is 1. The zero-order chi connectivity index (χ0) is 23.0. The summed E-state index contributed by atoms with van der Waals surface area (Å²) in [7, 11) is 1.60. The van der Waals surface area contributed by atoms with Gasteiger partial charge in [-0.05, 0) is 30.2 Å². The highest BCUT2D eigenvalue weighted by Crippen LogP contribution is 2.30. The minimum Gasteiger partial charge on any atom is -0.383 e. The number of ether oxygens (including phenoxy) is 1. The molecule has 0 spiro atoms. The van der Waals surface area contributed by atoms with E-state index in [2.05, 4.69) is 15.5 Å². The summed E-state index contributed by atoms with van der Waals surface area (Å²) in [6.45, 7) is 0.992. The maximum Gasteiger partial charge on any atom is 0.416 e. The van der Waals surface area contributed by atoms with Crippen molar-refractivity contribution in [3.05, 3.63) is 71.5 Å². The number of nitrogens with one attached hydrogen (secondary N) is 1. The second-order valence-electron chi connectivity index (χ2n) is 6.94. The molecule has 0 aliphatic heterocycles. The topological polar surface area (TPSA) is 69.0 Å². The number of carbonyl (C=O) groups excluding carboxylic acids is 1. The first-order valence-corrected chi connectivity index (χ1v) is 10.9. The van der Waals surface area contributed by atoms with E-state index in [0.717, 1.165) is 24.4 Å². The summed E-state index contributed by atoms with van der Waals surface area (Å²) in [4.78, 5) is 12.3. The largest absolute Gasteiger partial charge is 0.416 e. The van der Waals surface area contributed by atoms with Crippen LogP contribution >= 0.6 is 11.8 Å². The standard InChI is InChI=1S/C22H23F3N4O2S/c1-31-13-12-29-19(11-10-16-6-3-2-4-7-16)27-28-21(29)32-15-20(30)26-18-9-5-8-17(14-18)22(23,24)25/h2-9,14H,10-13,15H2,1H3,(H,26,30). The van der Waals surface area contributed by atoms with Crippen LogP contribution in [0.2, 0.25) is 0 Å². The van der Waals surface area contributed by atoms with Gasteiger partial charge in [0.25, 0.3) is 0 Å². The van der Waals surface area contributed by atoms with E-state index in [1.807, 2.05) is 34.9 Å². The fourth-order valence-electron chi connectivity index (χ4n) is 3.02. The molecule has 0 bridgehead atoms. The van der Waals surface area contributed by atoms with E-state index in [-0.39, 0.29) is 11.4 Å². The number of aromatic nitrogens is 3. The van der Waals surface area contributed by atoms with Crippen molar-refractivity contribution in [1.29, 1.82) is 0 Å². The number of rotatable bonds is 10. The van der Waals surface area contributed by atoms with Crippen molar-refractivity contribution < 1.29 is 22.7 Å². The monoisotopic (exact) mass is 464 g/mol. The highest BCUT2D eigenvalue weighted by Gasteiger charge is 2.30. The molecule has 3 rings (SSSR count). The third kappa shape index (κ3) is 6.83. The van der Waals surface area contributed by atoms with Gasteiger partial charge in [-0.25, -0.2) is 0 Å². The van der Waals surface area contributed by atoms with Crippen molar-refractivity contribution in [2.75, 3.05) is 24.8 Å². The van der Waals surface area contributed by atoms with Crippen LogP contribution in [0.25, 0.3) is 0 Å². The van der Waals surface area contributed by atoms with Crippen molar-refractivity contribution in [1.82, 2.24) is 14.8 Å². The summed E-state index contributed by atoms with van der Waals surface area (Å²) < 4.78 is 45.6. The van der Waals surface area contributed by atoms with Gasteiger partial charge in [-0.1, -0.05) is 48.2 Å². The molecular formula is C22H23F3N4O2S. The summed E-state index contributed by atoms with van der Waals surface area (Å²) in [5.41, 5.74) is 0.462. The van der Waals surface area contributed by atoms with Gasteiger partial charge >= 0.3 is 6.18 Å². The number of benzene rings is 2. The Morgan fingerprint density at radius 3 is 2.59 bits per heavy atom. The molecule has 0 unspecified atom stereocenters. The molecule has 6 nitrogen and oxygen atoms in total. The zero-order valence-corrected chi connectivity index (χ0v) is 18.2. The molecule has 1 N–H and O–H groups in total. The van der Waals surface area contributed by atoms with Gasteiger partial charge in [0.15, 0.2) is 5.16 Å². The maximum atomic E-state index is 12.8. The van der Waals surface area contributed by atoms with Crippen LogP contribution in [0.15, 0.2) is 59.8 Å². The van der Waals surface area contributed by atoms with Gasteiger partial charge in [-0.15, -0.1) is 10.2 Å². The molecular weight excluding hydrogens is 441 g/mol. The van der Waals surface area contributed by atoms with Gasteiger partial charge in [0.2, 0.25) is 5.91 Å². The average Bonchev–Trinajstić information content (AvgIpc) is 3.16. The molecule has 0 aliphatic carbocycles. The van der Waals surface area contributed by atoms with Crippen LogP contribution in [0, 0.1) is 0 Å². The highest BCUT2D eigenvalue weighted by atomic mass is 32.2. The van der Waals surface area contributed by atoms with Gasteiger partial charge in [0.1, 0.15) is 5.82 Å². The molecule has 3 aromatic rings. The lowest BCUT2D eigenvalue weighted by Crippen LogP contribution is -2.16. The second kappa shape index (κ2) is 11.1. The molecule has 0 aliphatic rings. The van der Waals surface area contributed by atoms with Crippen molar-refractivity contribution in [2.24, 2.45) is 0 Å². The van der Waals surface area contributed by atoms with Crippen molar-refractivity contribution >= 4 is 23.4 Å². The quantitative estimate of drug-likeness (QED) is 0.449. The van der Waals surface area contributed by atoms with Crippen LogP contribution in [0.1, 0.15) is 17.0 Å².